The Morgan fingerprint density at radius 1 is 1.42 bits per heavy atom. The SMILES string of the molecule is Cc1ccc2c(c1)nc(CCCl)n2C(C)CC1CC1. The summed E-state index contributed by atoms with van der Waals surface area (Å²) in [6.07, 6.45) is 4.93. The fraction of sp³-hybridized carbons (Fsp3) is 0.562. The second-order valence-corrected chi connectivity index (χ2v) is 6.24. The largest absolute Gasteiger partial charge is 0.325 e. The van der Waals surface area contributed by atoms with Crippen LogP contribution in [0, 0.1) is 12.8 Å². The van der Waals surface area contributed by atoms with E-state index in [1.807, 2.05) is 0 Å². The van der Waals surface area contributed by atoms with Gasteiger partial charge in [0.2, 0.25) is 0 Å². The molecule has 1 fully saturated rings. The number of fused-ring (bicyclic) bond motifs is 1. The molecule has 1 aromatic carbocycles. The van der Waals surface area contributed by atoms with E-state index in [1.165, 1.54) is 30.3 Å². The molecule has 0 radical (unpaired) electrons. The Balaban J connectivity index is 2.04. The van der Waals surface area contributed by atoms with Crippen LogP contribution in [0.4, 0.5) is 0 Å². The summed E-state index contributed by atoms with van der Waals surface area (Å²) >= 11 is 5.94. The second-order valence-electron chi connectivity index (χ2n) is 5.86. The second kappa shape index (κ2) is 5.16. The van der Waals surface area contributed by atoms with Gasteiger partial charge in [0.1, 0.15) is 5.82 Å². The number of nitrogens with zero attached hydrogens (tertiary/aromatic N) is 2. The van der Waals surface area contributed by atoms with Gasteiger partial charge in [0.05, 0.1) is 11.0 Å². The first-order valence-corrected chi connectivity index (χ1v) is 7.76. The molecule has 3 heteroatoms. The zero-order valence-electron chi connectivity index (χ0n) is 11.7. The maximum atomic E-state index is 5.94. The monoisotopic (exact) mass is 276 g/mol. The molecule has 2 aromatic rings. The van der Waals surface area contributed by atoms with Gasteiger partial charge in [0.25, 0.3) is 0 Å². The van der Waals surface area contributed by atoms with Gasteiger partial charge < -0.3 is 4.57 Å². The standard InChI is InChI=1S/C16H21ClN2/c1-11-3-6-15-14(9-11)18-16(7-8-17)19(15)12(2)10-13-4-5-13/h3,6,9,12-13H,4-5,7-8,10H2,1-2H3. The summed E-state index contributed by atoms with van der Waals surface area (Å²) in [5.41, 5.74) is 3.64. The van der Waals surface area contributed by atoms with Crippen LogP contribution in [0.2, 0.25) is 0 Å². The third-order valence-electron chi connectivity index (χ3n) is 4.05. The summed E-state index contributed by atoms with van der Waals surface area (Å²) in [6, 6.07) is 7.08. The van der Waals surface area contributed by atoms with Crippen molar-refractivity contribution in [2.45, 2.75) is 45.6 Å². The van der Waals surface area contributed by atoms with E-state index in [-0.39, 0.29) is 0 Å². The predicted octanol–water partition coefficient (Wildman–Crippen LogP) is 4.49. The van der Waals surface area contributed by atoms with Crippen molar-refractivity contribution in [1.82, 2.24) is 9.55 Å². The third kappa shape index (κ3) is 2.64. The highest BCUT2D eigenvalue weighted by Crippen LogP contribution is 2.38. The highest BCUT2D eigenvalue weighted by molar-refractivity contribution is 6.17. The van der Waals surface area contributed by atoms with E-state index in [0.717, 1.165) is 23.7 Å². The number of benzene rings is 1. The summed E-state index contributed by atoms with van der Waals surface area (Å²) in [7, 11) is 0. The molecule has 1 aliphatic carbocycles. The third-order valence-corrected chi connectivity index (χ3v) is 4.24. The van der Waals surface area contributed by atoms with E-state index in [4.69, 9.17) is 16.6 Å². The van der Waals surface area contributed by atoms with Crippen molar-refractivity contribution in [3.63, 3.8) is 0 Å². The first-order chi connectivity index (χ1) is 9.19. The van der Waals surface area contributed by atoms with E-state index in [2.05, 4.69) is 36.6 Å². The van der Waals surface area contributed by atoms with Crippen LogP contribution >= 0.6 is 11.6 Å². The number of hydrogen-bond acceptors (Lipinski definition) is 1. The lowest BCUT2D eigenvalue weighted by atomic mass is 10.1. The number of alkyl halides is 1. The van der Waals surface area contributed by atoms with Crippen LogP contribution in [0.3, 0.4) is 0 Å². The van der Waals surface area contributed by atoms with Gasteiger partial charge in [-0.1, -0.05) is 18.9 Å². The van der Waals surface area contributed by atoms with E-state index < -0.39 is 0 Å². The molecular formula is C16H21ClN2. The molecule has 0 N–H and O–H groups in total. The minimum absolute atomic E-state index is 0.526. The number of hydrogen-bond donors (Lipinski definition) is 0. The van der Waals surface area contributed by atoms with Crippen LogP contribution < -0.4 is 0 Å². The normalized spacial score (nSPS) is 17.0. The van der Waals surface area contributed by atoms with Gasteiger partial charge in [0.15, 0.2) is 0 Å². The Morgan fingerprint density at radius 3 is 2.89 bits per heavy atom. The Morgan fingerprint density at radius 2 is 2.21 bits per heavy atom. The quantitative estimate of drug-likeness (QED) is 0.736. The van der Waals surface area contributed by atoms with Crippen molar-refractivity contribution in [1.29, 1.82) is 0 Å². The van der Waals surface area contributed by atoms with E-state index in [1.54, 1.807) is 0 Å². The molecule has 1 saturated carbocycles. The van der Waals surface area contributed by atoms with E-state index in [0.29, 0.717) is 11.9 Å². The zero-order chi connectivity index (χ0) is 13.4. The minimum Gasteiger partial charge on any atom is -0.325 e. The van der Waals surface area contributed by atoms with Gasteiger partial charge in [0, 0.05) is 18.3 Å². The molecule has 1 atom stereocenters. The van der Waals surface area contributed by atoms with Crippen LogP contribution in [-0.4, -0.2) is 15.4 Å². The molecule has 19 heavy (non-hydrogen) atoms. The summed E-state index contributed by atoms with van der Waals surface area (Å²) < 4.78 is 2.41. The van der Waals surface area contributed by atoms with Gasteiger partial charge in [-0.25, -0.2) is 4.98 Å². The van der Waals surface area contributed by atoms with Crippen molar-refractivity contribution >= 4 is 22.6 Å². The van der Waals surface area contributed by atoms with Gasteiger partial charge in [-0.3, -0.25) is 0 Å². The Bertz CT molecular complexity index is 584. The van der Waals surface area contributed by atoms with Crippen LogP contribution in [0.5, 0.6) is 0 Å². The first-order valence-electron chi connectivity index (χ1n) is 7.22. The lowest BCUT2D eigenvalue weighted by Gasteiger charge is -2.17. The maximum Gasteiger partial charge on any atom is 0.111 e. The summed E-state index contributed by atoms with van der Waals surface area (Å²) in [5.74, 6) is 2.71. The van der Waals surface area contributed by atoms with Crippen molar-refractivity contribution in [2.24, 2.45) is 5.92 Å². The number of aromatic nitrogens is 2. The molecule has 0 aliphatic heterocycles. The number of imidazole rings is 1. The minimum atomic E-state index is 0.526. The Labute approximate surface area is 119 Å². The molecule has 1 aliphatic rings. The first kappa shape index (κ1) is 13.0. The summed E-state index contributed by atoms with van der Waals surface area (Å²) in [6.45, 7) is 4.43. The van der Waals surface area contributed by atoms with Gasteiger partial charge in [-0.05, 0) is 43.9 Å². The van der Waals surface area contributed by atoms with Gasteiger partial charge in [-0.2, -0.15) is 0 Å². The molecule has 1 heterocycles. The van der Waals surface area contributed by atoms with Crippen LogP contribution in [0.25, 0.3) is 11.0 Å². The molecule has 102 valence electrons. The molecule has 0 bridgehead atoms. The molecule has 3 rings (SSSR count). The zero-order valence-corrected chi connectivity index (χ0v) is 12.5. The molecular weight excluding hydrogens is 256 g/mol. The van der Waals surface area contributed by atoms with Gasteiger partial charge in [-0.15, -0.1) is 11.6 Å². The molecule has 1 unspecified atom stereocenters. The van der Waals surface area contributed by atoms with Crippen molar-refractivity contribution in [3.8, 4) is 0 Å². The molecule has 0 spiro atoms. The summed E-state index contributed by atoms with van der Waals surface area (Å²) in [4.78, 5) is 4.79. The average molecular weight is 277 g/mol. The maximum absolute atomic E-state index is 5.94. The van der Waals surface area contributed by atoms with E-state index in [9.17, 15) is 0 Å². The van der Waals surface area contributed by atoms with Crippen molar-refractivity contribution in [3.05, 3.63) is 29.6 Å². The Kier molecular flexibility index (Phi) is 3.53. The smallest absolute Gasteiger partial charge is 0.111 e. The Hall–Kier alpha value is -1.02. The van der Waals surface area contributed by atoms with Crippen LogP contribution in [-0.2, 0) is 6.42 Å². The fourth-order valence-electron chi connectivity index (χ4n) is 2.95. The molecule has 0 saturated heterocycles. The van der Waals surface area contributed by atoms with E-state index >= 15 is 0 Å². The lowest BCUT2D eigenvalue weighted by Crippen LogP contribution is -2.10. The highest BCUT2D eigenvalue weighted by atomic mass is 35.5. The molecule has 0 amide bonds. The fourth-order valence-corrected chi connectivity index (χ4v) is 3.12. The lowest BCUT2D eigenvalue weighted by molar-refractivity contribution is 0.473. The highest BCUT2D eigenvalue weighted by Gasteiger charge is 2.26. The average Bonchev–Trinajstić information content (AvgIpc) is 3.09. The molecule has 1 aromatic heterocycles. The number of aryl methyl sites for hydroxylation is 2. The topological polar surface area (TPSA) is 17.8 Å². The molecule has 2 nitrogen and oxygen atoms in total. The van der Waals surface area contributed by atoms with Crippen LogP contribution in [0.1, 0.15) is 43.6 Å². The number of rotatable bonds is 5. The number of halogens is 1. The predicted molar refractivity (Wildman–Crippen MR) is 80.9 cm³/mol. The van der Waals surface area contributed by atoms with Gasteiger partial charge >= 0.3 is 0 Å². The van der Waals surface area contributed by atoms with Crippen molar-refractivity contribution < 1.29 is 0 Å². The summed E-state index contributed by atoms with van der Waals surface area (Å²) in [5, 5.41) is 0. The van der Waals surface area contributed by atoms with Crippen LogP contribution in [0.15, 0.2) is 18.2 Å². The van der Waals surface area contributed by atoms with Crippen molar-refractivity contribution in [2.75, 3.05) is 5.88 Å².